The average molecular weight is 378 g/mol. The molecule has 0 amide bonds. The van der Waals surface area contributed by atoms with Gasteiger partial charge in [0.15, 0.2) is 0 Å². The topological polar surface area (TPSA) is 47.6 Å². The summed E-state index contributed by atoms with van der Waals surface area (Å²) in [5.74, 6) is 0. The summed E-state index contributed by atoms with van der Waals surface area (Å²) in [5, 5.41) is 19.1. The van der Waals surface area contributed by atoms with Crippen LogP contribution in [0.2, 0.25) is 10.6 Å². The van der Waals surface area contributed by atoms with E-state index in [9.17, 15) is 0 Å². The number of nitriles is 2. The van der Waals surface area contributed by atoms with Gasteiger partial charge in [0.1, 0.15) is 0 Å². The third-order valence-electron chi connectivity index (χ3n) is 2.87. The van der Waals surface area contributed by atoms with E-state index in [2.05, 4.69) is 9.94 Å². The normalized spacial score (nSPS) is 9.89. The molecule has 0 aliphatic rings. The molecule has 0 spiro atoms. The van der Waals surface area contributed by atoms with Crippen LogP contribution in [0.15, 0.2) is 0 Å². The molecule has 0 unspecified atom stereocenters. The van der Waals surface area contributed by atoms with Crippen molar-refractivity contribution >= 4 is 29.9 Å². The number of hydrogen-bond acceptors (Lipinski definition) is 2. The van der Waals surface area contributed by atoms with E-state index in [-0.39, 0.29) is 29.9 Å². The predicted molar refractivity (Wildman–Crippen MR) is 78.5 cm³/mol. The van der Waals surface area contributed by atoms with Gasteiger partial charge in [0.05, 0.1) is 0 Å². The van der Waals surface area contributed by atoms with Crippen LogP contribution in [0.3, 0.4) is 0 Å². The van der Waals surface area contributed by atoms with Crippen LogP contribution in [0.25, 0.3) is 0 Å². The quantitative estimate of drug-likeness (QED) is 0.358. The van der Waals surface area contributed by atoms with Gasteiger partial charge in [-0.1, -0.05) is 0 Å². The fourth-order valence-electron chi connectivity index (χ4n) is 1.85. The first-order chi connectivity index (χ1) is 8.91. The first kappa shape index (κ1) is 18.0. The molecule has 0 heterocycles. The van der Waals surface area contributed by atoms with Gasteiger partial charge in [0.25, 0.3) is 0 Å². The van der Waals surface area contributed by atoms with E-state index in [4.69, 9.17) is 10.5 Å². The van der Waals surface area contributed by atoms with Crippen LogP contribution in [0.4, 0.5) is 0 Å². The first-order valence-electron chi connectivity index (χ1n) is 6.93. The predicted octanol–water partition coefficient (Wildman–Crippen LogP) is 4.09. The van der Waals surface area contributed by atoms with Gasteiger partial charge < -0.3 is 0 Å². The molecule has 0 atom stereocenters. The van der Waals surface area contributed by atoms with E-state index in [0.29, 0.717) is 0 Å². The van der Waals surface area contributed by atoms with Crippen molar-refractivity contribution in [1.82, 2.24) is 0 Å². The van der Waals surface area contributed by atoms with Crippen LogP contribution in [0.5, 0.6) is 0 Å². The Kier molecular flexibility index (Phi) is 17.0. The summed E-state index contributed by atoms with van der Waals surface area (Å²) < 4.78 is 0. The maximum absolute atomic E-state index is 8.42. The van der Waals surface area contributed by atoms with Gasteiger partial charge in [-0.15, -0.1) is 0 Å². The molecule has 102 valence electrons. The second-order valence-corrected chi connectivity index (χ2v) is 8.11. The maximum atomic E-state index is 8.42. The van der Waals surface area contributed by atoms with Crippen LogP contribution in [-0.4, -0.2) is 29.9 Å². The van der Waals surface area contributed by atoms with E-state index in [0.717, 1.165) is 10.6 Å². The van der Waals surface area contributed by atoms with Crippen molar-refractivity contribution in [3.05, 3.63) is 0 Å². The van der Waals surface area contributed by atoms with Crippen LogP contribution < -0.4 is 0 Å². The van der Waals surface area contributed by atoms with E-state index in [1.54, 1.807) is 0 Å². The Morgan fingerprint density at radius 1 is 0.500 bits per heavy atom. The molecule has 0 aromatic carbocycles. The molecule has 0 fully saturated rings. The molecule has 18 heavy (non-hydrogen) atoms. The number of hydrogen-bond donors (Lipinski definition) is 0. The van der Waals surface area contributed by atoms with E-state index >= 15 is 0 Å². The number of unbranched alkanes of at least 4 members (excludes halogenated alkanes) is 9. The third kappa shape index (κ3) is 16.0. The molecule has 0 saturated carbocycles. The van der Waals surface area contributed by atoms with Crippen molar-refractivity contribution in [3.8, 4) is 9.94 Å². The van der Waals surface area contributed by atoms with E-state index < -0.39 is 0 Å². The van der Waals surface area contributed by atoms with Crippen LogP contribution in [0.1, 0.15) is 64.2 Å². The molecular formula is C14H24N2Se2. The van der Waals surface area contributed by atoms with Crippen molar-refractivity contribution in [2.75, 3.05) is 0 Å². The Balaban J connectivity index is 2.91. The SMILES string of the molecule is N#C[Se]CCCCCCCCCCCC[Se]C#N. The summed E-state index contributed by atoms with van der Waals surface area (Å²) in [6.07, 6.45) is 13.4. The fraction of sp³-hybridized carbons (Fsp3) is 0.857. The molecule has 0 bridgehead atoms. The Labute approximate surface area is 125 Å². The summed E-state index contributed by atoms with van der Waals surface area (Å²) in [7, 11) is 0. The van der Waals surface area contributed by atoms with Crippen molar-refractivity contribution in [2.24, 2.45) is 0 Å². The van der Waals surface area contributed by atoms with Crippen LogP contribution in [-0.2, 0) is 0 Å². The Morgan fingerprint density at radius 2 is 0.778 bits per heavy atom. The van der Waals surface area contributed by atoms with Gasteiger partial charge in [-0.3, -0.25) is 0 Å². The summed E-state index contributed by atoms with van der Waals surface area (Å²) in [5.41, 5.74) is 0. The molecule has 0 rings (SSSR count). The van der Waals surface area contributed by atoms with E-state index in [1.807, 2.05) is 0 Å². The monoisotopic (exact) mass is 380 g/mol. The van der Waals surface area contributed by atoms with Crippen LogP contribution in [0, 0.1) is 20.5 Å². The van der Waals surface area contributed by atoms with Crippen LogP contribution >= 0.6 is 0 Å². The Hall–Kier alpha value is 0.0190. The van der Waals surface area contributed by atoms with Gasteiger partial charge in [0, 0.05) is 0 Å². The Morgan fingerprint density at radius 3 is 1.06 bits per heavy atom. The molecule has 0 N–H and O–H groups in total. The van der Waals surface area contributed by atoms with Gasteiger partial charge >= 0.3 is 125 Å². The summed E-state index contributed by atoms with van der Waals surface area (Å²) in [6, 6.07) is 0. The van der Waals surface area contributed by atoms with Gasteiger partial charge in [-0.25, -0.2) is 0 Å². The molecule has 0 radical (unpaired) electrons. The number of rotatable bonds is 13. The summed E-state index contributed by atoms with van der Waals surface area (Å²) in [4.78, 5) is 4.51. The van der Waals surface area contributed by atoms with Gasteiger partial charge in [0.2, 0.25) is 0 Å². The van der Waals surface area contributed by atoms with Crippen molar-refractivity contribution in [1.29, 1.82) is 10.5 Å². The Bertz CT molecular complexity index is 217. The second-order valence-electron chi connectivity index (χ2n) is 4.42. The molecule has 0 aliphatic carbocycles. The van der Waals surface area contributed by atoms with Gasteiger partial charge in [-0.2, -0.15) is 0 Å². The zero-order valence-corrected chi connectivity index (χ0v) is 14.6. The third-order valence-corrected chi connectivity index (χ3v) is 5.48. The minimum atomic E-state index is 0.243. The fourth-order valence-corrected chi connectivity index (χ4v) is 3.70. The first-order valence-corrected chi connectivity index (χ1v) is 11.1. The number of nitrogens with zero attached hydrogens (tertiary/aromatic N) is 2. The zero-order valence-electron chi connectivity index (χ0n) is 11.2. The van der Waals surface area contributed by atoms with Crippen molar-refractivity contribution in [2.45, 2.75) is 74.8 Å². The zero-order chi connectivity index (χ0) is 13.3. The molecule has 4 heteroatoms. The van der Waals surface area contributed by atoms with E-state index in [1.165, 1.54) is 64.2 Å². The minimum absolute atomic E-state index is 0.243. The summed E-state index contributed by atoms with van der Waals surface area (Å²) >= 11 is 0.486. The average Bonchev–Trinajstić information content (AvgIpc) is 2.39. The molecule has 0 saturated heterocycles. The van der Waals surface area contributed by atoms with Crippen molar-refractivity contribution in [3.63, 3.8) is 0 Å². The molecule has 0 aromatic rings. The molecule has 2 nitrogen and oxygen atoms in total. The molecule has 0 aromatic heterocycles. The standard InChI is InChI=1S/C14H24N2Se2/c15-13-17-11-9-7-5-3-1-2-4-6-8-10-12-18-14-16/h1-12H2. The van der Waals surface area contributed by atoms with Gasteiger partial charge in [-0.05, 0) is 0 Å². The van der Waals surface area contributed by atoms with Crippen molar-refractivity contribution < 1.29 is 0 Å². The second kappa shape index (κ2) is 17.0. The summed E-state index contributed by atoms with van der Waals surface area (Å²) in [6.45, 7) is 0. The molecular weight excluding hydrogens is 354 g/mol. The molecule has 0 aliphatic heterocycles.